The Morgan fingerprint density at radius 2 is 1.93 bits per heavy atom. The number of carbonyl (C=O) groups excluding carboxylic acids is 3. The Balaban J connectivity index is 1.40. The summed E-state index contributed by atoms with van der Waals surface area (Å²) in [7, 11) is 0. The van der Waals surface area contributed by atoms with E-state index in [1.54, 1.807) is 24.3 Å². The summed E-state index contributed by atoms with van der Waals surface area (Å²) in [6.07, 6.45) is 0. The van der Waals surface area contributed by atoms with Gasteiger partial charge in [-0.1, -0.05) is 18.2 Å². The standard InChI is InChI=1S/C22H20N4O4/c1-13-10-15(17-4-2-3-5-18(17)24-13)12-30-16-8-6-14(7-9-16)20(27)25-19-11-23-22(29)26-21(19)28/h2-10,19H,11-12H2,1H3,(H,25,27)(H2,23,26,28,29). The van der Waals surface area contributed by atoms with Crippen LogP contribution >= 0.6 is 0 Å². The van der Waals surface area contributed by atoms with Gasteiger partial charge in [-0.2, -0.15) is 0 Å². The summed E-state index contributed by atoms with van der Waals surface area (Å²) in [6, 6.07) is 15.2. The fraction of sp³-hybridized carbons (Fsp3) is 0.182. The molecule has 1 unspecified atom stereocenters. The predicted molar refractivity (Wildman–Crippen MR) is 110 cm³/mol. The number of rotatable bonds is 5. The first-order valence-electron chi connectivity index (χ1n) is 9.47. The molecule has 0 radical (unpaired) electrons. The minimum atomic E-state index is -0.811. The predicted octanol–water partition coefficient (Wildman–Crippen LogP) is 2.06. The number of ether oxygens (including phenoxy) is 1. The number of benzene rings is 2. The Morgan fingerprint density at radius 1 is 1.17 bits per heavy atom. The number of nitrogens with zero attached hydrogens (tertiary/aromatic N) is 1. The molecular formula is C22H20N4O4. The molecule has 0 aliphatic carbocycles. The van der Waals surface area contributed by atoms with Gasteiger partial charge in [0.2, 0.25) is 0 Å². The summed E-state index contributed by atoms with van der Waals surface area (Å²) < 4.78 is 5.90. The van der Waals surface area contributed by atoms with Crippen LogP contribution in [0.15, 0.2) is 54.6 Å². The monoisotopic (exact) mass is 404 g/mol. The molecule has 8 heteroatoms. The van der Waals surface area contributed by atoms with E-state index in [-0.39, 0.29) is 6.54 Å². The van der Waals surface area contributed by atoms with Gasteiger partial charge >= 0.3 is 6.03 Å². The average molecular weight is 404 g/mol. The van der Waals surface area contributed by atoms with Crippen LogP contribution in [0.2, 0.25) is 0 Å². The summed E-state index contributed by atoms with van der Waals surface area (Å²) in [5.41, 5.74) is 3.26. The van der Waals surface area contributed by atoms with E-state index in [1.807, 2.05) is 37.3 Å². The van der Waals surface area contributed by atoms with Gasteiger partial charge in [-0.05, 0) is 43.3 Å². The van der Waals surface area contributed by atoms with Crippen LogP contribution < -0.4 is 20.7 Å². The molecule has 3 aromatic rings. The second kappa shape index (κ2) is 8.20. The highest BCUT2D eigenvalue weighted by molar-refractivity contribution is 6.03. The van der Waals surface area contributed by atoms with E-state index in [0.717, 1.165) is 22.2 Å². The lowest BCUT2D eigenvalue weighted by atomic mass is 10.1. The molecule has 4 rings (SSSR count). The minimum absolute atomic E-state index is 0.0525. The van der Waals surface area contributed by atoms with Crippen LogP contribution in [-0.2, 0) is 11.4 Å². The van der Waals surface area contributed by atoms with Gasteiger partial charge in [0.15, 0.2) is 0 Å². The van der Waals surface area contributed by atoms with Gasteiger partial charge in [0.25, 0.3) is 11.8 Å². The Kier molecular flexibility index (Phi) is 5.30. The molecule has 1 atom stereocenters. The van der Waals surface area contributed by atoms with Crippen molar-refractivity contribution >= 4 is 28.7 Å². The SMILES string of the molecule is Cc1cc(COc2ccc(C(=O)NC3CNC(=O)NC3=O)cc2)c2ccccc2n1. The fourth-order valence-electron chi connectivity index (χ4n) is 3.27. The molecule has 2 heterocycles. The molecule has 0 spiro atoms. The highest BCUT2D eigenvalue weighted by Crippen LogP contribution is 2.21. The van der Waals surface area contributed by atoms with Crippen molar-refractivity contribution in [2.45, 2.75) is 19.6 Å². The Bertz CT molecular complexity index is 1130. The van der Waals surface area contributed by atoms with Crippen LogP contribution in [-0.4, -0.2) is 35.4 Å². The van der Waals surface area contributed by atoms with Crippen LogP contribution in [0.3, 0.4) is 0 Å². The van der Waals surface area contributed by atoms with Gasteiger partial charge in [-0.3, -0.25) is 19.9 Å². The molecule has 1 aliphatic rings. The van der Waals surface area contributed by atoms with Gasteiger partial charge in [0, 0.05) is 28.8 Å². The Hall–Kier alpha value is -3.94. The molecule has 152 valence electrons. The second-order valence-electron chi connectivity index (χ2n) is 6.98. The van der Waals surface area contributed by atoms with Crippen molar-refractivity contribution in [3.63, 3.8) is 0 Å². The molecule has 1 aromatic heterocycles. The largest absolute Gasteiger partial charge is 0.489 e. The van der Waals surface area contributed by atoms with Gasteiger partial charge in [0.05, 0.1) is 5.52 Å². The number of imide groups is 1. The number of amides is 4. The van der Waals surface area contributed by atoms with Gasteiger partial charge in [-0.15, -0.1) is 0 Å². The second-order valence-corrected chi connectivity index (χ2v) is 6.98. The number of hydrogen-bond donors (Lipinski definition) is 3. The maximum atomic E-state index is 12.4. The van der Waals surface area contributed by atoms with Crippen molar-refractivity contribution in [1.82, 2.24) is 20.9 Å². The number of urea groups is 1. The van der Waals surface area contributed by atoms with E-state index in [2.05, 4.69) is 20.9 Å². The molecule has 3 N–H and O–H groups in total. The first kappa shape index (κ1) is 19.4. The third-order valence-electron chi connectivity index (χ3n) is 4.77. The summed E-state index contributed by atoms with van der Waals surface area (Å²) in [5.74, 6) is -0.326. The van der Waals surface area contributed by atoms with E-state index in [1.165, 1.54) is 0 Å². The fourth-order valence-corrected chi connectivity index (χ4v) is 3.27. The van der Waals surface area contributed by atoms with Gasteiger partial charge in [0.1, 0.15) is 18.4 Å². The highest BCUT2D eigenvalue weighted by Gasteiger charge is 2.27. The van der Waals surface area contributed by atoms with E-state index < -0.39 is 23.9 Å². The molecule has 2 aromatic carbocycles. The normalized spacial score (nSPS) is 16.0. The van der Waals surface area contributed by atoms with Crippen LogP contribution in [0, 0.1) is 6.92 Å². The van der Waals surface area contributed by atoms with Crippen LogP contribution in [0.4, 0.5) is 4.79 Å². The quantitative estimate of drug-likeness (QED) is 0.603. The maximum Gasteiger partial charge on any atom is 0.321 e. The molecule has 1 saturated heterocycles. The van der Waals surface area contributed by atoms with E-state index >= 15 is 0 Å². The molecule has 30 heavy (non-hydrogen) atoms. The molecule has 1 fully saturated rings. The number of pyridine rings is 1. The summed E-state index contributed by atoms with van der Waals surface area (Å²) in [6.45, 7) is 2.37. The lowest BCUT2D eigenvalue weighted by Gasteiger charge is -2.23. The van der Waals surface area contributed by atoms with Crippen molar-refractivity contribution in [1.29, 1.82) is 0 Å². The van der Waals surface area contributed by atoms with Crippen LogP contribution in [0.25, 0.3) is 10.9 Å². The van der Waals surface area contributed by atoms with Crippen molar-refractivity contribution in [2.24, 2.45) is 0 Å². The maximum absolute atomic E-state index is 12.4. The molecule has 1 aliphatic heterocycles. The zero-order valence-electron chi connectivity index (χ0n) is 16.3. The first-order chi connectivity index (χ1) is 14.5. The molecule has 8 nitrogen and oxygen atoms in total. The topological polar surface area (TPSA) is 109 Å². The zero-order chi connectivity index (χ0) is 21.1. The third kappa shape index (κ3) is 4.22. The summed E-state index contributed by atoms with van der Waals surface area (Å²) >= 11 is 0. The van der Waals surface area contributed by atoms with Crippen molar-refractivity contribution < 1.29 is 19.1 Å². The average Bonchev–Trinajstić information content (AvgIpc) is 2.74. The van der Waals surface area contributed by atoms with Crippen LogP contribution in [0.1, 0.15) is 21.6 Å². The number of aryl methyl sites for hydroxylation is 1. The van der Waals surface area contributed by atoms with Crippen molar-refractivity contribution in [3.05, 3.63) is 71.4 Å². The highest BCUT2D eigenvalue weighted by atomic mass is 16.5. The number of fused-ring (bicyclic) bond motifs is 1. The third-order valence-corrected chi connectivity index (χ3v) is 4.77. The molecular weight excluding hydrogens is 384 g/mol. The van der Waals surface area contributed by atoms with Crippen molar-refractivity contribution in [2.75, 3.05) is 6.54 Å². The molecule has 0 bridgehead atoms. The minimum Gasteiger partial charge on any atom is -0.489 e. The smallest absolute Gasteiger partial charge is 0.321 e. The molecule has 0 saturated carbocycles. The van der Waals surface area contributed by atoms with Crippen LogP contribution in [0.5, 0.6) is 5.75 Å². The number of nitrogens with one attached hydrogen (secondary N) is 3. The number of para-hydroxylation sites is 1. The van der Waals surface area contributed by atoms with Crippen molar-refractivity contribution in [3.8, 4) is 5.75 Å². The Labute approximate surface area is 172 Å². The summed E-state index contributed by atoms with van der Waals surface area (Å²) in [4.78, 5) is 39.7. The lowest BCUT2D eigenvalue weighted by molar-refractivity contribution is -0.122. The zero-order valence-corrected chi connectivity index (χ0v) is 16.3. The van der Waals surface area contributed by atoms with E-state index in [9.17, 15) is 14.4 Å². The Morgan fingerprint density at radius 3 is 2.70 bits per heavy atom. The van der Waals surface area contributed by atoms with Gasteiger partial charge < -0.3 is 15.4 Å². The summed E-state index contributed by atoms with van der Waals surface area (Å²) in [5, 5.41) is 8.22. The van der Waals surface area contributed by atoms with E-state index in [0.29, 0.717) is 17.9 Å². The van der Waals surface area contributed by atoms with E-state index in [4.69, 9.17) is 4.74 Å². The lowest BCUT2D eigenvalue weighted by Crippen LogP contribution is -2.60. The van der Waals surface area contributed by atoms with Gasteiger partial charge in [-0.25, -0.2) is 4.79 Å². The number of aromatic nitrogens is 1. The number of carbonyl (C=O) groups is 3. The number of hydrogen-bond acceptors (Lipinski definition) is 5. The molecule has 4 amide bonds. The first-order valence-corrected chi connectivity index (χ1v) is 9.47.